The van der Waals surface area contributed by atoms with E-state index < -0.39 is 22.6 Å². The van der Waals surface area contributed by atoms with E-state index in [9.17, 15) is 18.0 Å². The molecule has 0 saturated carbocycles. The van der Waals surface area contributed by atoms with Crippen molar-refractivity contribution in [3.63, 3.8) is 0 Å². The Bertz CT molecular complexity index is 1210. The van der Waals surface area contributed by atoms with Gasteiger partial charge in [-0.1, -0.05) is 30.3 Å². The number of rotatable bonds is 5. The normalized spacial score (nSPS) is 15.0. The molecule has 1 fully saturated rings. The first-order valence-corrected chi connectivity index (χ1v) is 11.1. The van der Waals surface area contributed by atoms with E-state index in [-0.39, 0.29) is 42.7 Å². The number of sulfonamides is 1. The van der Waals surface area contributed by atoms with Crippen molar-refractivity contribution in [3.05, 3.63) is 66.7 Å². The van der Waals surface area contributed by atoms with Crippen LogP contribution in [0.15, 0.2) is 66.0 Å². The first-order valence-electron chi connectivity index (χ1n) is 9.65. The number of carbonyl (C=O) groups excluding carboxylic acids is 2. The number of piperazine rings is 1. The summed E-state index contributed by atoms with van der Waals surface area (Å²) < 4.78 is 32.4. The van der Waals surface area contributed by atoms with Gasteiger partial charge in [0.1, 0.15) is 0 Å². The highest BCUT2D eigenvalue weighted by molar-refractivity contribution is 7.89. The van der Waals surface area contributed by atoms with Crippen LogP contribution in [0.4, 0.5) is 0 Å². The van der Waals surface area contributed by atoms with Crippen LogP contribution in [0.25, 0.3) is 10.8 Å². The average Bonchev–Trinajstić information content (AvgIpc) is 2.82. The van der Waals surface area contributed by atoms with Gasteiger partial charge in [-0.25, -0.2) is 18.2 Å². The minimum absolute atomic E-state index is 0.0154. The highest BCUT2D eigenvalue weighted by Crippen LogP contribution is 2.22. The van der Waals surface area contributed by atoms with Crippen molar-refractivity contribution in [1.82, 2.24) is 19.2 Å². The van der Waals surface area contributed by atoms with Crippen molar-refractivity contribution in [2.24, 2.45) is 0 Å². The van der Waals surface area contributed by atoms with Gasteiger partial charge in [0, 0.05) is 38.6 Å². The van der Waals surface area contributed by atoms with E-state index in [1.54, 1.807) is 18.2 Å². The van der Waals surface area contributed by atoms with E-state index in [4.69, 9.17) is 4.74 Å². The predicted molar refractivity (Wildman–Crippen MR) is 112 cm³/mol. The molecule has 2 heterocycles. The SMILES string of the molecule is O=C(OCC(=O)N1CCN(S(=O)(=O)c2ccc3ccccc3c2)CC1)c1cnccn1. The predicted octanol–water partition coefficient (Wildman–Crippen LogP) is 1.32. The van der Waals surface area contributed by atoms with E-state index in [1.165, 1.54) is 27.8 Å². The number of aromatic nitrogens is 2. The lowest BCUT2D eigenvalue weighted by atomic mass is 10.1. The molecule has 160 valence electrons. The average molecular weight is 440 g/mol. The zero-order valence-corrected chi connectivity index (χ0v) is 17.4. The highest BCUT2D eigenvalue weighted by Gasteiger charge is 2.30. The number of fused-ring (bicyclic) bond motifs is 1. The number of benzene rings is 2. The molecule has 0 bridgehead atoms. The fourth-order valence-corrected chi connectivity index (χ4v) is 4.81. The Balaban J connectivity index is 1.35. The molecule has 0 aliphatic carbocycles. The molecule has 9 nitrogen and oxygen atoms in total. The quantitative estimate of drug-likeness (QED) is 0.550. The van der Waals surface area contributed by atoms with Crippen molar-refractivity contribution in [3.8, 4) is 0 Å². The molecule has 10 heteroatoms. The number of nitrogens with zero attached hydrogens (tertiary/aromatic N) is 4. The van der Waals surface area contributed by atoms with E-state index in [1.807, 2.05) is 24.3 Å². The Morgan fingerprint density at radius 3 is 2.42 bits per heavy atom. The molecule has 0 radical (unpaired) electrons. The number of carbonyl (C=O) groups is 2. The minimum Gasteiger partial charge on any atom is -0.451 e. The molecule has 3 aromatic rings. The Morgan fingerprint density at radius 2 is 1.71 bits per heavy atom. The smallest absolute Gasteiger partial charge is 0.359 e. The van der Waals surface area contributed by atoms with Crippen LogP contribution >= 0.6 is 0 Å². The maximum Gasteiger partial charge on any atom is 0.359 e. The lowest BCUT2D eigenvalue weighted by molar-refractivity contribution is -0.135. The zero-order valence-electron chi connectivity index (χ0n) is 16.5. The van der Waals surface area contributed by atoms with Crippen LogP contribution in [0.5, 0.6) is 0 Å². The number of hydrogen-bond donors (Lipinski definition) is 0. The molecular formula is C21H20N4O5S. The maximum atomic E-state index is 13.0. The number of hydrogen-bond acceptors (Lipinski definition) is 7. The molecule has 1 amide bonds. The summed E-state index contributed by atoms with van der Waals surface area (Å²) in [7, 11) is -3.67. The topological polar surface area (TPSA) is 110 Å². The Hall–Kier alpha value is -3.37. The summed E-state index contributed by atoms with van der Waals surface area (Å²) in [6.07, 6.45) is 4.03. The van der Waals surface area contributed by atoms with Crippen LogP contribution in [-0.2, 0) is 19.6 Å². The van der Waals surface area contributed by atoms with Crippen molar-refractivity contribution in [1.29, 1.82) is 0 Å². The second kappa shape index (κ2) is 8.78. The van der Waals surface area contributed by atoms with Crippen LogP contribution in [0, 0.1) is 0 Å². The van der Waals surface area contributed by atoms with Gasteiger partial charge in [-0.3, -0.25) is 9.78 Å². The van der Waals surface area contributed by atoms with Gasteiger partial charge in [-0.05, 0) is 22.9 Å². The van der Waals surface area contributed by atoms with Gasteiger partial charge in [-0.15, -0.1) is 0 Å². The van der Waals surface area contributed by atoms with Gasteiger partial charge in [-0.2, -0.15) is 4.31 Å². The zero-order chi connectivity index (χ0) is 21.8. The van der Waals surface area contributed by atoms with E-state index in [2.05, 4.69) is 9.97 Å². The van der Waals surface area contributed by atoms with Crippen LogP contribution in [0.1, 0.15) is 10.5 Å². The Labute approximate surface area is 179 Å². The van der Waals surface area contributed by atoms with Gasteiger partial charge >= 0.3 is 5.97 Å². The van der Waals surface area contributed by atoms with Crippen LogP contribution in [0.3, 0.4) is 0 Å². The lowest BCUT2D eigenvalue weighted by Gasteiger charge is -2.33. The molecule has 31 heavy (non-hydrogen) atoms. The van der Waals surface area contributed by atoms with Crippen LogP contribution in [0.2, 0.25) is 0 Å². The summed E-state index contributed by atoms with van der Waals surface area (Å²) in [6.45, 7) is 0.327. The van der Waals surface area contributed by atoms with Gasteiger partial charge in [0.15, 0.2) is 12.3 Å². The van der Waals surface area contributed by atoms with Crippen LogP contribution < -0.4 is 0 Å². The highest BCUT2D eigenvalue weighted by atomic mass is 32.2. The first-order chi connectivity index (χ1) is 14.9. The van der Waals surface area contributed by atoms with E-state index in [0.29, 0.717) is 0 Å². The van der Waals surface area contributed by atoms with Crippen molar-refractivity contribution >= 4 is 32.7 Å². The van der Waals surface area contributed by atoms with Crippen LogP contribution in [-0.4, -0.2) is 72.3 Å². The Kier molecular flexibility index (Phi) is 5.92. The number of amides is 1. The lowest BCUT2D eigenvalue weighted by Crippen LogP contribution is -2.51. The monoisotopic (exact) mass is 440 g/mol. The third kappa shape index (κ3) is 4.54. The summed E-state index contributed by atoms with van der Waals surface area (Å²) in [6, 6.07) is 12.6. The molecule has 0 atom stereocenters. The summed E-state index contributed by atoms with van der Waals surface area (Å²) in [5, 5.41) is 1.82. The molecule has 4 rings (SSSR count). The molecule has 1 aromatic heterocycles. The summed E-state index contributed by atoms with van der Waals surface area (Å²) in [5.41, 5.74) is 0.0154. The van der Waals surface area contributed by atoms with Crippen molar-refractivity contribution < 1.29 is 22.7 Å². The van der Waals surface area contributed by atoms with Crippen molar-refractivity contribution in [2.75, 3.05) is 32.8 Å². The summed E-state index contributed by atoms with van der Waals surface area (Å²) >= 11 is 0. The van der Waals surface area contributed by atoms with Gasteiger partial charge in [0.05, 0.1) is 11.1 Å². The maximum absolute atomic E-state index is 13.0. The molecular weight excluding hydrogens is 420 g/mol. The molecule has 1 aliphatic rings. The van der Waals surface area contributed by atoms with Gasteiger partial charge in [0.25, 0.3) is 5.91 Å². The molecule has 2 aromatic carbocycles. The summed E-state index contributed by atoms with van der Waals surface area (Å²) in [4.78, 5) is 33.5. The van der Waals surface area contributed by atoms with Gasteiger partial charge in [0.2, 0.25) is 10.0 Å². The second-order valence-electron chi connectivity index (χ2n) is 6.96. The third-order valence-corrected chi connectivity index (χ3v) is 6.94. The molecule has 0 spiro atoms. The largest absolute Gasteiger partial charge is 0.451 e. The second-order valence-corrected chi connectivity index (χ2v) is 8.90. The molecule has 0 N–H and O–H groups in total. The van der Waals surface area contributed by atoms with E-state index in [0.717, 1.165) is 10.8 Å². The Morgan fingerprint density at radius 1 is 0.968 bits per heavy atom. The third-order valence-electron chi connectivity index (χ3n) is 5.05. The van der Waals surface area contributed by atoms with E-state index >= 15 is 0 Å². The standard InChI is InChI=1S/C21H20N4O5S/c26-20(15-30-21(27)19-14-22-7-8-23-19)24-9-11-25(12-10-24)31(28,29)18-6-5-16-3-1-2-4-17(16)13-18/h1-8,13-14H,9-12,15H2. The molecule has 1 saturated heterocycles. The van der Waals surface area contributed by atoms with Gasteiger partial charge < -0.3 is 9.64 Å². The first kappa shape index (κ1) is 20.9. The number of esters is 1. The molecule has 0 unspecified atom stereocenters. The van der Waals surface area contributed by atoms with Crippen molar-refractivity contribution in [2.45, 2.75) is 4.90 Å². The fourth-order valence-electron chi connectivity index (χ4n) is 3.35. The molecule has 1 aliphatic heterocycles. The summed E-state index contributed by atoms with van der Waals surface area (Å²) in [5.74, 6) is -1.13. The minimum atomic E-state index is -3.67. The fraction of sp³-hybridized carbons (Fsp3) is 0.238. The number of ether oxygens (including phenoxy) is 1.